The van der Waals surface area contributed by atoms with Crippen LogP contribution in [0.15, 0.2) is 41.3 Å². The Bertz CT molecular complexity index is 974. The molecule has 0 saturated carbocycles. The van der Waals surface area contributed by atoms with Crippen molar-refractivity contribution in [1.29, 1.82) is 0 Å². The van der Waals surface area contributed by atoms with Gasteiger partial charge in [0.2, 0.25) is 0 Å². The summed E-state index contributed by atoms with van der Waals surface area (Å²) in [5, 5.41) is 12.2. The fourth-order valence-electron chi connectivity index (χ4n) is 2.15. The summed E-state index contributed by atoms with van der Waals surface area (Å²) in [5.74, 6) is -0.925. The highest BCUT2D eigenvalue weighted by Gasteiger charge is 2.30. The quantitative estimate of drug-likeness (QED) is 0.655. The van der Waals surface area contributed by atoms with E-state index < -0.39 is 21.4 Å². The molecule has 2 N–H and O–H groups in total. The number of benzene rings is 2. The Hall–Kier alpha value is -1.96. The van der Waals surface area contributed by atoms with E-state index in [4.69, 9.17) is 27.9 Å². The number of ether oxygens (including phenoxy) is 1. The molecule has 0 bridgehead atoms. The largest absolute Gasteiger partial charge is 0.478 e. The zero-order valence-corrected chi connectivity index (χ0v) is 17.2. The predicted molar refractivity (Wildman–Crippen MR) is 106 cm³/mol. The fraction of sp³-hybridized carbons (Fsp3) is 0.278. The summed E-state index contributed by atoms with van der Waals surface area (Å²) in [6.07, 6.45) is 0. The molecule has 0 aliphatic carbocycles. The number of para-hydroxylation sites is 2. The smallest absolute Gasteiger partial charge is 0.347 e. The maximum Gasteiger partial charge on any atom is 0.347 e. The Labute approximate surface area is 168 Å². The number of carboxylic acids is 1. The molecule has 2 rings (SSSR count). The van der Waals surface area contributed by atoms with Crippen LogP contribution in [0.4, 0.5) is 11.4 Å². The molecule has 0 radical (unpaired) electrons. The van der Waals surface area contributed by atoms with Gasteiger partial charge in [-0.25, -0.2) is 13.2 Å². The van der Waals surface area contributed by atoms with Crippen LogP contribution in [0.5, 0.6) is 5.75 Å². The summed E-state index contributed by atoms with van der Waals surface area (Å²) in [6.45, 7) is 4.38. The lowest BCUT2D eigenvalue weighted by Crippen LogP contribution is -2.38. The van der Waals surface area contributed by atoms with Crippen LogP contribution in [-0.4, -0.2) is 30.8 Å². The Morgan fingerprint density at radius 3 is 2.33 bits per heavy atom. The second-order valence-corrected chi connectivity index (χ2v) is 9.18. The van der Waals surface area contributed by atoms with Gasteiger partial charge in [0.25, 0.3) is 0 Å². The molecule has 146 valence electrons. The van der Waals surface area contributed by atoms with Crippen molar-refractivity contribution in [1.82, 2.24) is 0 Å². The van der Waals surface area contributed by atoms with Gasteiger partial charge in [-0.1, -0.05) is 42.3 Å². The summed E-state index contributed by atoms with van der Waals surface area (Å²) in [5.41, 5.74) is -0.630. The number of halogens is 2. The first kappa shape index (κ1) is 21.3. The summed E-state index contributed by atoms with van der Waals surface area (Å²) in [4.78, 5) is 11.3. The molecular weight excluding hydrogens is 413 g/mol. The van der Waals surface area contributed by atoms with Crippen molar-refractivity contribution < 1.29 is 23.1 Å². The summed E-state index contributed by atoms with van der Waals surface area (Å²) < 4.78 is 29.8. The summed E-state index contributed by atoms with van der Waals surface area (Å²) >= 11 is 12.4. The van der Waals surface area contributed by atoms with E-state index >= 15 is 0 Å². The minimum Gasteiger partial charge on any atom is -0.478 e. The maximum atomic E-state index is 12.1. The van der Waals surface area contributed by atoms with E-state index in [-0.39, 0.29) is 20.7 Å². The van der Waals surface area contributed by atoms with Crippen molar-refractivity contribution in [3.8, 4) is 5.75 Å². The van der Waals surface area contributed by atoms with E-state index in [1.165, 1.54) is 32.9 Å². The van der Waals surface area contributed by atoms with Crippen molar-refractivity contribution >= 4 is 50.4 Å². The average Bonchev–Trinajstić information content (AvgIpc) is 2.60. The van der Waals surface area contributed by atoms with Gasteiger partial charge in [0, 0.05) is 0 Å². The molecule has 0 aromatic heterocycles. The van der Waals surface area contributed by atoms with E-state index in [0.717, 1.165) is 0 Å². The van der Waals surface area contributed by atoms with Gasteiger partial charge in [0.05, 0.1) is 32.1 Å². The highest BCUT2D eigenvalue weighted by molar-refractivity contribution is 7.91. The third-order valence-corrected chi connectivity index (χ3v) is 6.56. The number of sulfone groups is 1. The molecule has 0 fully saturated rings. The molecule has 2 aromatic carbocycles. The van der Waals surface area contributed by atoms with Crippen LogP contribution in [0, 0.1) is 0 Å². The third kappa shape index (κ3) is 4.66. The Kier molecular flexibility index (Phi) is 6.29. The van der Waals surface area contributed by atoms with Crippen LogP contribution >= 0.6 is 23.2 Å². The first-order valence-corrected chi connectivity index (χ1v) is 10.4. The Morgan fingerprint density at radius 2 is 1.74 bits per heavy atom. The summed E-state index contributed by atoms with van der Waals surface area (Å²) in [7, 11) is -3.52. The van der Waals surface area contributed by atoms with E-state index in [2.05, 4.69) is 5.32 Å². The molecule has 0 amide bonds. The SMILES string of the molecule is CCS(=O)(=O)c1ccc(Nc2ccccc2OC(C)(C)C(=O)O)c(Cl)c1Cl. The van der Waals surface area contributed by atoms with Crippen molar-refractivity contribution in [3.63, 3.8) is 0 Å². The molecular formula is C18H19Cl2NO5S. The number of hydrogen-bond acceptors (Lipinski definition) is 5. The third-order valence-electron chi connectivity index (χ3n) is 3.80. The number of anilines is 2. The predicted octanol–water partition coefficient (Wildman–Crippen LogP) is 4.77. The number of carboxylic acid groups (broad SMARTS) is 1. The number of carbonyl (C=O) groups is 1. The molecule has 0 saturated heterocycles. The molecule has 0 aliphatic heterocycles. The minimum absolute atomic E-state index is 0.0403. The lowest BCUT2D eigenvalue weighted by atomic mass is 10.1. The number of rotatable bonds is 7. The zero-order valence-electron chi connectivity index (χ0n) is 14.9. The molecule has 27 heavy (non-hydrogen) atoms. The van der Waals surface area contributed by atoms with Gasteiger partial charge < -0.3 is 15.2 Å². The second-order valence-electron chi connectivity index (χ2n) is 6.18. The number of nitrogens with one attached hydrogen (secondary N) is 1. The van der Waals surface area contributed by atoms with Crippen LogP contribution in [0.2, 0.25) is 10.0 Å². The van der Waals surface area contributed by atoms with Gasteiger partial charge in [-0.15, -0.1) is 0 Å². The van der Waals surface area contributed by atoms with Crippen LogP contribution in [0.1, 0.15) is 20.8 Å². The van der Waals surface area contributed by atoms with E-state index in [9.17, 15) is 18.3 Å². The van der Waals surface area contributed by atoms with Crippen molar-refractivity contribution in [2.45, 2.75) is 31.3 Å². The molecule has 2 aromatic rings. The molecule has 0 unspecified atom stereocenters. The van der Waals surface area contributed by atoms with Crippen LogP contribution in [0.25, 0.3) is 0 Å². The molecule has 6 nitrogen and oxygen atoms in total. The monoisotopic (exact) mass is 431 g/mol. The van der Waals surface area contributed by atoms with Crippen LogP contribution in [0.3, 0.4) is 0 Å². The topological polar surface area (TPSA) is 92.7 Å². The Morgan fingerprint density at radius 1 is 1.11 bits per heavy atom. The normalized spacial score (nSPS) is 11.9. The van der Waals surface area contributed by atoms with Gasteiger partial charge in [-0.3, -0.25) is 0 Å². The highest BCUT2D eigenvalue weighted by Crippen LogP contribution is 2.39. The zero-order chi connectivity index (χ0) is 20.4. The van der Waals surface area contributed by atoms with Crippen LogP contribution < -0.4 is 10.1 Å². The van der Waals surface area contributed by atoms with Gasteiger partial charge in [0.1, 0.15) is 5.75 Å². The first-order valence-electron chi connectivity index (χ1n) is 7.99. The average molecular weight is 432 g/mol. The molecule has 0 aliphatic rings. The van der Waals surface area contributed by atoms with E-state index in [1.54, 1.807) is 24.3 Å². The first-order chi connectivity index (χ1) is 12.5. The molecule has 9 heteroatoms. The van der Waals surface area contributed by atoms with Crippen molar-refractivity contribution in [3.05, 3.63) is 46.4 Å². The van der Waals surface area contributed by atoms with Gasteiger partial charge in [-0.2, -0.15) is 0 Å². The number of hydrogen-bond donors (Lipinski definition) is 2. The molecule has 0 heterocycles. The second kappa shape index (κ2) is 7.96. The standard InChI is InChI=1S/C18H19Cl2NO5S/c1-4-27(24,25)14-10-9-12(15(19)16(14)20)21-11-7-5-6-8-13(11)26-18(2,3)17(22)23/h5-10,21H,4H2,1-3H3,(H,22,23). The fourth-order valence-corrected chi connectivity index (χ4v) is 3.89. The highest BCUT2D eigenvalue weighted by atomic mass is 35.5. The van der Waals surface area contributed by atoms with E-state index in [1.807, 2.05) is 0 Å². The summed E-state index contributed by atoms with van der Waals surface area (Å²) in [6, 6.07) is 9.58. The molecule has 0 atom stereocenters. The van der Waals surface area contributed by atoms with Crippen molar-refractivity contribution in [2.75, 3.05) is 11.1 Å². The lowest BCUT2D eigenvalue weighted by molar-refractivity contribution is -0.152. The van der Waals surface area contributed by atoms with Gasteiger partial charge >= 0.3 is 5.97 Å². The van der Waals surface area contributed by atoms with Crippen LogP contribution in [-0.2, 0) is 14.6 Å². The lowest BCUT2D eigenvalue weighted by Gasteiger charge is -2.24. The minimum atomic E-state index is -3.52. The Balaban J connectivity index is 2.42. The molecule has 0 spiro atoms. The van der Waals surface area contributed by atoms with Gasteiger partial charge in [-0.05, 0) is 38.1 Å². The van der Waals surface area contributed by atoms with Crippen molar-refractivity contribution in [2.24, 2.45) is 0 Å². The van der Waals surface area contributed by atoms with E-state index in [0.29, 0.717) is 17.1 Å². The maximum absolute atomic E-state index is 12.1. The number of aliphatic carboxylic acids is 1. The van der Waals surface area contributed by atoms with Gasteiger partial charge in [0.15, 0.2) is 15.4 Å².